The summed E-state index contributed by atoms with van der Waals surface area (Å²) in [4.78, 5) is 32.5. The summed E-state index contributed by atoms with van der Waals surface area (Å²) in [5.41, 5.74) is 3.57. The molecule has 5 heteroatoms. The molecule has 5 nitrogen and oxygen atoms in total. The van der Waals surface area contributed by atoms with E-state index in [2.05, 4.69) is 23.2 Å². The number of carbonyl (C=O) groups excluding carboxylic acids is 2. The van der Waals surface area contributed by atoms with Crippen molar-refractivity contribution in [2.24, 2.45) is 5.92 Å². The number of aromatic nitrogens is 1. The summed E-state index contributed by atoms with van der Waals surface area (Å²) in [7, 11) is 0. The van der Waals surface area contributed by atoms with Crippen LogP contribution in [0.5, 0.6) is 0 Å². The molecular formula is C19H21N3O2. The van der Waals surface area contributed by atoms with Crippen molar-refractivity contribution in [3.63, 3.8) is 0 Å². The Bertz CT molecular complexity index is 836. The molecule has 2 aromatic rings. The molecule has 0 bridgehead atoms. The number of rotatable bonds is 1. The Balaban J connectivity index is 1.52. The molecule has 2 fully saturated rings. The predicted octanol–water partition coefficient (Wildman–Crippen LogP) is 2.24. The minimum absolute atomic E-state index is 0.0218. The van der Waals surface area contributed by atoms with E-state index in [0.717, 1.165) is 43.4 Å². The van der Waals surface area contributed by atoms with Gasteiger partial charge >= 0.3 is 0 Å². The summed E-state index contributed by atoms with van der Waals surface area (Å²) in [6, 6.07) is 8.29. The van der Waals surface area contributed by atoms with Gasteiger partial charge in [0.05, 0.1) is 12.6 Å². The van der Waals surface area contributed by atoms with Crippen molar-refractivity contribution in [1.29, 1.82) is 0 Å². The van der Waals surface area contributed by atoms with Gasteiger partial charge in [0.1, 0.15) is 0 Å². The summed E-state index contributed by atoms with van der Waals surface area (Å²) >= 11 is 0. The molecule has 1 N–H and O–H groups in total. The monoisotopic (exact) mass is 323 g/mol. The number of hydrogen-bond acceptors (Lipinski definition) is 2. The Morgan fingerprint density at radius 1 is 1.21 bits per heavy atom. The maximum absolute atomic E-state index is 12.6. The molecule has 1 aromatic carbocycles. The van der Waals surface area contributed by atoms with Crippen LogP contribution < -0.4 is 0 Å². The van der Waals surface area contributed by atoms with E-state index < -0.39 is 0 Å². The van der Waals surface area contributed by atoms with Crippen molar-refractivity contribution in [3.8, 4) is 0 Å². The van der Waals surface area contributed by atoms with Crippen LogP contribution in [-0.4, -0.2) is 46.2 Å². The lowest BCUT2D eigenvalue weighted by molar-refractivity contribution is -0.153. The molecule has 0 spiro atoms. The van der Waals surface area contributed by atoms with Crippen LogP contribution in [0.25, 0.3) is 10.9 Å². The van der Waals surface area contributed by atoms with E-state index in [0.29, 0.717) is 6.54 Å². The second-order valence-electron chi connectivity index (χ2n) is 7.26. The molecule has 1 aliphatic carbocycles. The molecule has 1 saturated heterocycles. The molecule has 0 radical (unpaired) electrons. The Morgan fingerprint density at radius 2 is 2.04 bits per heavy atom. The van der Waals surface area contributed by atoms with E-state index in [1.54, 1.807) is 4.90 Å². The van der Waals surface area contributed by atoms with E-state index in [1.165, 1.54) is 10.9 Å². The van der Waals surface area contributed by atoms with Crippen LogP contribution in [0.3, 0.4) is 0 Å². The van der Waals surface area contributed by atoms with Crippen LogP contribution >= 0.6 is 0 Å². The maximum Gasteiger partial charge on any atom is 0.242 e. The van der Waals surface area contributed by atoms with Crippen LogP contribution in [-0.2, 0) is 16.0 Å². The van der Waals surface area contributed by atoms with Gasteiger partial charge in [-0.1, -0.05) is 24.6 Å². The number of carbonyl (C=O) groups is 2. The quantitative estimate of drug-likeness (QED) is 0.875. The SMILES string of the molecule is O=C(C1CCC1)N1CC(=O)N2CCc3c([nH]c4ccccc34)C2C1. The first kappa shape index (κ1) is 14.1. The number of hydrogen-bond donors (Lipinski definition) is 1. The molecule has 2 amide bonds. The van der Waals surface area contributed by atoms with Crippen LogP contribution in [0, 0.1) is 5.92 Å². The van der Waals surface area contributed by atoms with Gasteiger partial charge < -0.3 is 14.8 Å². The zero-order chi connectivity index (χ0) is 16.3. The minimum Gasteiger partial charge on any atom is -0.356 e. The zero-order valence-corrected chi connectivity index (χ0v) is 13.6. The molecule has 124 valence electrons. The zero-order valence-electron chi connectivity index (χ0n) is 13.6. The molecule has 1 unspecified atom stereocenters. The predicted molar refractivity (Wildman–Crippen MR) is 90.4 cm³/mol. The number of benzene rings is 1. The van der Waals surface area contributed by atoms with E-state index in [9.17, 15) is 9.59 Å². The average molecular weight is 323 g/mol. The van der Waals surface area contributed by atoms with E-state index >= 15 is 0 Å². The van der Waals surface area contributed by atoms with Crippen LogP contribution in [0.4, 0.5) is 0 Å². The fraction of sp³-hybridized carbons (Fsp3) is 0.474. The van der Waals surface area contributed by atoms with Crippen molar-refractivity contribution in [2.75, 3.05) is 19.6 Å². The smallest absolute Gasteiger partial charge is 0.242 e. The molecule has 1 atom stereocenters. The lowest BCUT2D eigenvalue weighted by Gasteiger charge is -2.45. The first-order valence-electron chi connectivity index (χ1n) is 8.90. The Kier molecular flexibility index (Phi) is 2.99. The highest BCUT2D eigenvalue weighted by Crippen LogP contribution is 2.38. The van der Waals surface area contributed by atoms with Crippen molar-refractivity contribution >= 4 is 22.7 Å². The lowest BCUT2D eigenvalue weighted by Crippen LogP contribution is -2.57. The molecule has 5 rings (SSSR count). The normalized spacial score (nSPS) is 23.8. The van der Waals surface area contributed by atoms with Crippen LogP contribution in [0.2, 0.25) is 0 Å². The van der Waals surface area contributed by atoms with Gasteiger partial charge in [-0.25, -0.2) is 0 Å². The second kappa shape index (κ2) is 5.10. The van der Waals surface area contributed by atoms with Gasteiger partial charge in [-0.3, -0.25) is 9.59 Å². The number of piperazine rings is 1. The fourth-order valence-electron chi connectivity index (χ4n) is 4.42. The second-order valence-corrected chi connectivity index (χ2v) is 7.26. The summed E-state index contributed by atoms with van der Waals surface area (Å²) in [6.07, 6.45) is 3.99. The summed E-state index contributed by atoms with van der Waals surface area (Å²) in [5, 5.41) is 1.25. The van der Waals surface area contributed by atoms with Crippen molar-refractivity contribution in [2.45, 2.75) is 31.7 Å². The van der Waals surface area contributed by atoms with E-state index in [-0.39, 0.29) is 30.3 Å². The van der Waals surface area contributed by atoms with Gasteiger partial charge in [0.2, 0.25) is 11.8 Å². The third kappa shape index (κ3) is 1.93. The Labute approximate surface area is 140 Å². The summed E-state index contributed by atoms with van der Waals surface area (Å²) < 4.78 is 0. The van der Waals surface area contributed by atoms with Gasteiger partial charge in [0, 0.05) is 35.6 Å². The molecule has 3 aliphatic rings. The third-order valence-electron chi connectivity index (χ3n) is 5.96. The number of para-hydroxylation sites is 1. The number of nitrogens with one attached hydrogen (secondary N) is 1. The first-order valence-corrected chi connectivity index (χ1v) is 8.90. The number of H-pyrrole nitrogens is 1. The molecule has 1 saturated carbocycles. The first-order chi connectivity index (χ1) is 11.7. The lowest BCUT2D eigenvalue weighted by atomic mass is 9.84. The number of aromatic amines is 1. The summed E-state index contributed by atoms with van der Waals surface area (Å²) in [5.74, 6) is 0.413. The van der Waals surface area contributed by atoms with Crippen molar-refractivity contribution in [3.05, 3.63) is 35.5 Å². The molecule has 2 aliphatic heterocycles. The van der Waals surface area contributed by atoms with E-state index in [4.69, 9.17) is 0 Å². The molecule has 24 heavy (non-hydrogen) atoms. The molecule has 1 aromatic heterocycles. The van der Waals surface area contributed by atoms with E-state index in [1.807, 2.05) is 11.0 Å². The largest absolute Gasteiger partial charge is 0.356 e. The molecule has 3 heterocycles. The number of nitrogens with zero attached hydrogens (tertiary/aromatic N) is 2. The van der Waals surface area contributed by atoms with Gasteiger partial charge in [-0.05, 0) is 30.9 Å². The third-order valence-corrected chi connectivity index (χ3v) is 5.96. The minimum atomic E-state index is -0.0218. The number of amides is 2. The van der Waals surface area contributed by atoms with Gasteiger partial charge in [-0.15, -0.1) is 0 Å². The molecular weight excluding hydrogens is 302 g/mol. The average Bonchev–Trinajstić information content (AvgIpc) is 2.92. The topological polar surface area (TPSA) is 56.4 Å². The van der Waals surface area contributed by atoms with Gasteiger partial charge in [0.25, 0.3) is 0 Å². The highest BCUT2D eigenvalue weighted by Gasteiger charge is 2.41. The maximum atomic E-state index is 12.6. The van der Waals surface area contributed by atoms with Crippen LogP contribution in [0.15, 0.2) is 24.3 Å². The Hall–Kier alpha value is -2.30. The van der Waals surface area contributed by atoms with Gasteiger partial charge in [-0.2, -0.15) is 0 Å². The van der Waals surface area contributed by atoms with Crippen molar-refractivity contribution in [1.82, 2.24) is 14.8 Å². The van der Waals surface area contributed by atoms with Crippen LogP contribution in [0.1, 0.15) is 36.6 Å². The highest BCUT2D eigenvalue weighted by atomic mass is 16.2. The highest BCUT2D eigenvalue weighted by molar-refractivity contribution is 5.90. The fourth-order valence-corrected chi connectivity index (χ4v) is 4.42. The number of fused-ring (bicyclic) bond motifs is 5. The standard InChI is InChI=1S/C19H21N3O2/c23-17-11-21(19(24)12-4-3-5-12)10-16-18-14(8-9-22(16)17)13-6-1-2-7-15(13)20-18/h1-2,6-7,12,16,20H,3-5,8-11H2. The summed E-state index contributed by atoms with van der Waals surface area (Å²) in [6.45, 7) is 1.63. The Morgan fingerprint density at radius 3 is 2.83 bits per heavy atom. The van der Waals surface area contributed by atoms with Crippen molar-refractivity contribution < 1.29 is 9.59 Å². The van der Waals surface area contributed by atoms with Gasteiger partial charge in [0.15, 0.2) is 0 Å².